The van der Waals surface area contributed by atoms with Gasteiger partial charge in [-0.2, -0.15) is 0 Å². The molecule has 0 radical (unpaired) electrons. The van der Waals surface area contributed by atoms with Gasteiger partial charge in [0.15, 0.2) is 5.69 Å². The highest BCUT2D eigenvalue weighted by Crippen LogP contribution is 2.27. The molecule has 144 valence electrons. The van der Waals surface area contributed by atoms with E-state index in [-0.39, 0.29) is 30.5 Å². The summed E-state index contributed by atoms with van der Waals surface area (Å²) in [6.07, 6.45) is -0.168. The third-order valence-electron chi connectivity index (χ3n) is 4.72. The molecule has 0 bridgehead atoms. The Kier molecular flexibility index (Phi) is 4.87. The van der Waals surface area contributed by atoms with Crippen molar-refractivity contribution in [1.29, 1.82) is 0 Å². The molecule has 28 heavy (non-hydrogen) atoms. The lowest BCUT2D eigenvalue weighted by molar-refractivity contribution is -0.00177. The van der Waals surface area contributed by atoms with Gasteiger partial charge in [0.1, 0.15) is 17.7 Å². The number of carbonyl (C=O) groups is 1. The van der Waals surface area contributed by atoms with Gasteiger partial charge in [-0.3, -0.25) is 4.79 Å². The number of aromatic nitrogens is 3. The Labute approximate surface area is 160 Å². The van der Waals surface area contributed by atoms with Crippen LogP contribution in [-0.2, 0) is 24.4 Å². The van der Waals surface area contributed by atoms with Crippen molar-refractivity contribution in [3.8, 4) is 0 Å². The molecule has 1 atom stereocenters. The molecule has 1 amide bonds. The van der Waals surface area contributed by atoms with E-state index in [1.54, 1.807) is 4.68 Å². The summed E-state index contributed by atoms with van der Waals surface area (Å²) < 4.78 is 34.2. The number of fused-ring (bicyclic) bond motifs is 1. The molecule has 0 saturated heterocycles. The van der Waals surface area contributed by atoms with E-state index in [0.29, 0.717) is 12.2 Å². The second-order valence-electron chi connectivity index (χ2n) is 6.70. The second kappa shape index (κ2) is 7.47. The van der Waals surface area contributed by atoms with Crippen LogP contribution in [0.25, 0.3) is 0 Å². The Morgan fingerprint density at radius 1 is 1.25 bits per heavy atom. The highest BCUT2D eigenvalue weighted by molar-refractivity contribution is 5.93. The van der Waals surface area contributed by atoms with Crippen molar-refractivity contribution in [3.05, 3.63) is 82.2 Å². The predicted molar refractivity (Wildman–Crippen MR) is 96.3 cm³/mol. The molecule has 0 fully saturated rings. The van der Waals surface area contributed by atoms with Gasteiger partial charge in [-0.25, -0.2) is 13.5 Å². The maximum absolute atomic E-state index is 13.7. The molecule has 0 aliphatic carbocycles. The number of benzene rings is 2. The largest absolute Gasteiger partial charge is 0.365 e. The van der Waals surface area contributed by atoms with Crippen molar-refractivity contribution in [3.63, 3.8) is 0 Å². The number of hydrogen-bond acceptors (Lipinski definition) is 4. The third kappa shape index (κ3) is 3.63. The Bertz CT molecular complexity index is 1020. The summed E-state index contributed by atoms with van der Waals surface area (Å²) in [6, 6.07) is 11.3. The van der Waals surface area contributed by atoms with Gasteiger partial charge >= 0.3 is 0 Å². The first-order valence-corrected chi connectivity index (χ1v) is 8.84. The van der Waals surface area contributed by atoms with Crippen LogP contribution < -0.4 is 5.32 Å². The van der Waals surface area contributed by atoms with Crippen LogP contribution in [0.15, 0.2) is 42.5 Å². The third-order valence-corrected chi connectivity index (χ3v) is 4.72. The fourth-order valence-corrected chi connectivity index (χ4v) is 3.10. The minimum atomic E-state index is -0.713. The van der Waals surface area contributed by atoms with Crippen LogP contribution in [0, 0.1) is 18.6 Å². The average Bonchev–Trinajstić information content (AvgIpc) is 3.11. The first-order chi connectivity index (χ1) is 13.5. The molecule has 1 N–H and O–H groups in total. The number of nitrogens with one attached hydrogen (secondary N) is 1. The van der Waals surface area contributed by atoms with E-state index < -0.39 is 17.5 Å². The molecule has 0 spiro atoms. The summed E-state index contributed by atoms with van der Waals surface area (Å²) in [5, 5.41) is 10.6. The maximum Gasteiger partial charge on any atom is 0.274 e. The zero-order valence-corrected chi connectivity index (χ0v) is 15.2. The second-order valence-corrected chi connectivity index (χ2v) is 6.70. The van der Waals surface area contributed by atoms with Crippen LogP contribution >= 0.6 is 0 Å². The fraction of sp³-hybridized carbons (Fsp3) is 0.250. The zero-order chi connectivity index (χ0) is 19.7. The summed E-state index contributed by atoms with van der Waals surface area (Å²) >= 11 is 0. The molecular weight excluding hydrogens is 366 g/mol. The van der Waals surface area contributed by atoms with Gasteiger partial charge < -0.3 is 10.1 Å². The number of aryl methyl sites for hydroxylation is 1. The van der Waals surface area contributed by atoms with Gasteiger partial charge in [-0.05, 0) is 18.6 Å². The number of amides is 1. The van der Waals surface area contributed by atoms with Crippen LogP contribution in [0.4, 0.5) is 8.78 Å². The molecule has 6 nitrogen and oxygen atoms in total. The van der Waals surface area contributed by atoms with Gasteiger partial charge in [0.25, 0.3) is 5.91 Å². The molecule has 3 aromatic rings. The van der Waals surface area contributed by atoms with Gasteiger partial charge in [0.05, 0.1) is 18.8 Å². The number of ether oxygens (including phenoxy) is 1. The first-order valence-electron chi connectivity index (χ1n) is 8.84. The summed E-state index contributed by atoms with van der Waals surface area (Å²) in [5.41, 5.74) is 3.10. The van der Waals surface area contributed by atoms with E-state index in [0.717, 1.165) is 23.3 Å². The van der Waals surface area contributed by atoms with E-state index in [1.807, 2.05) is 31.2 Å². The maximum atomic E-state index is 13.7. The lowest BCUT2D eigenvalue weighted by atomic mass is 10.1. The summed E-state index contributed by atoms with van der Waals surface area (Å²) in [7, 11) is 0. The van der Waals surface area contributed by atoms with Crippen molar-refractivity contribution in [1.82, 2.24) is 20.3 Å². The molecule has 1 aliphatic rings. The van der Waals surface area contributed by atoms with Crippen molar-refractivity contribution in [2.24, 2.45) is 0 Å². The van der Waals surface area contributed by atoms with E-state index in [9.17, 15) is 13.6 Å². The summed E-state index contributed by atoms with van der Waals surface area (Å²) in [4.78, 5) is 12.4. The number of rotatable bonds is 4. The first kappa shape index (κ1) is 18.2. The molecular formula is C20H18F2N4O2. The van der Waals surface area contributed by atoms with Crippen LogP contribution in [0.1, 0.15) is 39.0 Å². The van der Waals surface area contributed by atoms with Crippen LogP contribution in [0.5, 0.6) is 0 Å². The van der Waals surface area contributed by atoms with Gasteiger partial charge in [0, 0.05) is 18.2 Å². The van der Waals surface area contributed by atoms with E-state index in [4.69, 9.17) is 4.74 Å². The molecule has 0 saturated carbocycles. The van der Waals surface area contributed by atoms with Gasteiger partial charge in [0.2, 0.25) is 0 Å². The van der Waals surface area contributed by atoms with E-state index in [1.165, 1.54) is 6.07 Å². The van der Waals surface area contributed by atoms with Crippen LogP contribution in [0.3, 0.4) is 0 Å². The normalized spacial score (nSPS) is 15.9. The Hall–Kier alpha value is -3.13. The summed E-state index contributed by atoms with van der Waals surface area (Å²) in [5.74, 6) is -1.86. The average molecular weight is 384 g/mol. The van der Waals surface area contributed by atoms with Gasteiger partial charge in [-0.15, -0.1) is 5.10 Å². The highest BCUT2D eigenvalue weighted by Gasteiger charge is 2.27. The number of hydrogen-bond donors (Lipinski definition) is 1. The van der Waals surface area contributed by atoms with E-state index in [2.05, 4.69) is 15.6 Å². The zero-order valence-electron chi connectivity index (χ0n) is 15.2. The smallest absolute Gasteiger partial charge is 0.274 e. The van der Waals surface area contributed by atoms with Crippen molar-refractivity contribution in [2.45, 2.75) is 32.7 Å². The number of nitrogens with zero attached hydrogens (tertiary/aromatic N) is 3. The Morgan fingerprint density at radius 3 is 2.79 bits per heavy atom. The van der Waals surface area contributed by atoms with Crippen LogP contribution in [-0.4, -0.2) is 20.9 Å². The minimum absolute atomic E-state index is 0.0793. The molecule has 8 heteroatoms. The van der Waals surface area contributed by atoms with E-state index >= 15 is 0 Å². The number of carbonyl (C=O) groups excluding carboxylic acids is 1. The quantitative estimate of drug-likeness (QED) is 0.751. The van der Waals surface area contributed by atoms with Gasteiger partial charge in [-0.1, -0.05) is 41.1 Å². The molecule has 1 aromatic heterocycles. The molecule has 1 aliphatic heterocycles. The SMILES string of the molecule is Cc1ccc(C2Cn3nnc(C(=O)NCc4ccc(F)cc4F)c3CO2)cc1. The standard InChI is InChI=1S/C20H18F2N4O2/c1-12-2-4-13(5-3-12)18-10-26-17(11-28-18)19(24-25-26)20(27)23-9-14-6-7-15(21)8-16(14)22/h2-8,18H,9-11H2,1H3,(H,23,27). The fourth-order valence-electron chi connectivity index (χ4n) is 3.10. The number of halogens is 2. The minimum Gasteiger partial charge on any atom is -0.365 e. The molecule has 4 rings (SSSR count). The van der Waals surface area contributed by atoms with Crippen LogP contribution in [0.2, 0.25) is 0 Å². The monoisotopic (exact) mass is 384 g/mol. The molecule has 2 aromatic carbocycles. The molecule has 2 heterocycles. The lowest BCUT2D eigenvalue weighted by Crippen LogP contribution is -2.27. The lowest BCUT2D eigenvalue weighted by Gasteiger charge is -2.24. The van der Waals surface area contributed by atoms with Crippen molar-refractivity contribution >= 4 is 5.91 Å². The Balaban J connectivity index is 1.45. The summed E-state index contributed by atoms with van der Waals surface area (Å²) in [6.45, 7) is 2.58. The highest BCUT2D eigenvalue weighted by atomic mass is 19.1. The van der Waals surface area contributed by atoms with Crippen molar-refractivity contribution < 1.29 is 18.3 Å². The van der Waals surface area contributed by atoms with Crippen molar-refractivity contribution in [2.75, 3.05) is 0 Å². The predicted octanol–water partition coefficient (Wildman–Crippen LogP) is 3.07. The topological polar surface area (TPSA) is 69.0 Å². The Morgan fingerprint density at radius 2 is 2.04 bits per heavy atom. The molecule has 1 unspecified atom stereocenters.